The van der Waals surface area contributed by atoms with Crippen molar-refractivity contribution in [1.82, 2.24) is 4.90 Å². The average molecular weight is 404 g/mol. The summed E-state index contributed by atoms with van der Waals surface area (Å²) < 4.78 is 21.8. The summed E-state index contributed by atoms with van der Waals surface area (Å²) in [6.07, 6.45) is -0.618. The molecule has 0 amide bonds. The van der Waals surface area contributed by atoms with E-state index in [-0.39, 0.29) is 6.61 Å². The number of aliphatic hydroxyl groups excluding tert-OH is 1. The summed E-state index contributed by atoms with van der Waals surface area (Å²) >= 11 is 0. The Morgan fingerprint density at radius 1 is 0.862 bits per heavy atom. The molecular formula is C23H33NO5. The Morgan fingerprint density at radius 3 is 2.14 bits per heavy atom. The minimum absolute atomic E-state index is 0.218. The fourth-order valence-corrected chi connectivity index (χ4v) is 3.25. The maximum absolute atomic E-state index is 10.6. The second kappa shape index (κ2) is 11.5. The Hall–Kier alpha value is -2.44. The van der Waals surface area contributed by atoms with Crippen molar-refractivity contribution < 1.29 is 24.1 Å². The zero-order valence-corrected chi connectivity index (χ0v) is 18.1. The summed E-state index contributed by atoms with van der Waals surface area (Å²) in [4.78, 5) is 2.21. The van der Waals surface area contributed by atoms with Gasteiger partial charge in [-0.3, -0.25) is 4.90 Å². The molecule has 0 heterocycles. The van der Waals surface area contributed by atoms with Crippen LogP contribution in [0.5, 0.6) is 23.0 Å². The fourth-order valence-electron chi connectivity index (χ4n) is 3.25. The van der Waals surface area contributed by atoms with E-state index >= 15 is 0 Å². The van der Waals surface area contributed by atoms with E-state index in [2.05, 4.69) is 18.7 Å². The van der Waals surface area contributed by atoms with E-state index < -0.39 is 6.10 Å². The lowest BCUT2D eigenvalue weighted by molar-refractivity contribution is 0.0611. The van der Waals surface area contributed by atoms with Gasteiger partial charge < -0.3 is 24.1 Å². The van der Waals surface area contributed by atoms with Crippen LogP contribution in [-0.2, 0) is 6.54 Å². The fraction of sp³-hybridized carbons (Fsp3) is 0.478. The summed E-state index contributed by atoms with van der Waals surface area (Å²) in [5, 5.41) is 10.6. The molecule has 0 aliphatic heterocycles. The Bertz CT molecular complexity index is 733. The topological polar surface area (TPSA) is 60.4 Å². The van der Waals surface area contributed by atoms with Crippen molar-refractivity contribution >= 4 is 0 Å². The summed E-state index contributed by atoms with van der Waals surface area (Å²) in [6.45, 7) is 6.54. The van der Waals surface area contributed by atoms with Gasteiger partial charge in [-0.05, 0) is 36.2 Å². The lowest BCUT2D eigenvalue weighted by atomic mass is 10.1. The first kappa shape index (κ1) is 22.8. The molecule has 0 fully saturated rings. The minimum atomic E-state index is -0.618. The van der Waals surface area contributed by atoms with Crippen LogP contribution >= 0.6 is 0 Å². The Kier molecular flexibility index (Phi) is 9.09. The van der Waals surface area contributed by atoms with E-state index in [4.69, 9.17) is 18.9 Å². The molecule has 2 aromatic rings. The number of para-hydroxylation sites is 1. The maximum atomic E-state index is 10.6. The van der Waals surface area contributed by atoms with Crippen molar-refractivity contribution in [2.45, 2.75) is 26.5 Å². The third-order valence-electron chi connectivity index (χ3n) is 4.47. The van der Waals surface area contributed by atoms with Gasteiger partial charge in [-0.1, -0.05) is 26.0 Å². The third kappa shape index (κ3) is 7.15. The largest absolute Gasteiger partial charge is 0.497 e. The predicted octanol–water partition coefficient (Wildman–Crippen LogP) is 3.61. The van der Waals surface area contributed by atoms with E-state index in [9.17, 15) is 5.11 Å². The van der Waals surface area contributed by atoms with Crippen LogP contribution in [0.25, 0.3) is 0 Å². The SMILES string of the molecule is COc1ccc(OC[C@@H](O)CN(Cc2cccc(OC)c2OC)CC(C)C)cc1. The highest BCUT2D eigenvalue weighted by Crippen LogP contribution is 2.31. The molecule has 1 N–H and O–H groups in total. The van der Waals surface area contributed by atoms with Crippen molar-refractivity contribution in [2.75, 3.05) is 41.0 Å². The van der Waals surface area contributed by atoms with Crippen LogP contribution in [0.3, 0.4) is 0 Å². The van der Waals surface area contributed by atoms with Crippen LogP contribution in [0.2, 0.25) is 0 Å². The van der Waals surface area contributed by atoms with E-state index in [1.165, 1.54) is 0 Å². The first-order valence-electron chi connectivity index (χ1n) is 9.84. The number of nitrogens with zero attached hydrogens (tertiary/aromatic N) is 1. The van der Waals surface area contributed by atoms with Gasteiger partial charge in [-0.15, -0.1) is 0 Å². The molecule has 0 aliphatic carbocycles. The van der Waals surface area contributed by atoms with Gasteiger partial charge >= 0.3 is 0 Å². The highest BCUT2D eigenvalue weighted by Gasteiger charge is 2.18. The summed E-state index contributed by atoms with van der Waals surface area (Å²) in [6, 6.07) is 13.2. The molecule has 1 atom stereocenters. The molecule has 0 bridgehead atoms. The molecule has 29 heavy (non-hydrogen) atoms. The van der Waals surface area contributed by atoms with Crippen molar-refractivity contribution in [3.8, 4) is 23.0 Å². The highest BCUT2D eigenvalue weighted by molar-refractivity contribution is 5.46. The number of hydrogen-bond acceptors (Lipinski definition) is 6. The number of methoxy groups -OCH3 is 3. The molecule has 0 radical (unpaired) electrons. The van der Waals surface area contributed by atoms with Crippen molar-refractivity contribution in [1.29, 1.82) is 0 Å². The molecule has 6 nitrogen and oxygen atoms in total. The first-order chi connectivity index (χ1) is 14.0. The lowest BCUT2D eigenvalue weighted by Gasteiger charge is -2.27. The van der Waals surface area contributed by atoms with Crippen molar-refractivity contribution in [2.24, 2.45) is 5.92 Å². The third-order valence-corrected chi connectivity index (χ3v) is 4.47. The second-order valence-corrected chi connectivity index (χ2v) is 7.38. The standard InChI is InChI=1S/C23H33NO5/c1-17(2)13-24(14-18-7-6-8-22(27-4)23(18)28-5)15-19(25)16-29-21-11-9-20(26-3)10-12-21/h6-12,17,19,25H,13-16H2,1-5H3/t19-/m0/s1. The van der Waals surface area contributed by atoms with E-state index in [0.717, 1.165) is 23.6 Å². The Balaban J connectivity index is 2.00. The van der Waals surface area contributed by atoms with Crippen LogP contribution in [-0.4, -0.2) is 57.1 Å². The smallest absolute Gasteiger partial charge is 0.165 e. The number of rotatable bonds is 12. The molecule has 0 saturated carbocycles. The predicted molar refractivity (Wildman–Crippen MR) is 114 cm³/mol. The highest BCUT2D eigenvalue weighted by atomic mass is 16.5. The number of benzene rings is 2. The average Bonchev–Trinajstić information content (AvgIpc) is 2.71. The van der Waals surface area contributed by atoms with E-state index in [1.807, 2.05) is 42.5 Å². The number of ether oxygens (including phenoxy) is 4. The molecule has 0 spiro atoms. The van der Waals surface area contributed by atoms with Gasteiger partial charge in [-0.2, -0.15) is 0 Å². The molecule has 2 rings (SSSR count). The Labute approximate surface area is 174 Å². The van der Waals surface area contributed by atoms with Gasteiger partial charge in [0.25, 0.3) is 0 Å². The summed E-state index contributed by atoms with van der Waals surface area (Å²) in [5.74, 6) is 3.37. The monoisotopic (exact) mass is 403 g/mol. The zero-order chi connectivity index (χ0) is 21.2. The maximum Gasteiger partial charge on any atom is 0.165 e. The van der Waals surface area contributed by atoms with Gasteiger partial charge in [0.15, 0.2) is 11.5 Å². The molecule has 0 unspecified atom stereocenters. The van der Waals surface area contributed by atoms with Crippen LogP contribution in [0.1, 0.15) is 19.4 Å². The second-order valence-electron chi connectivity index (χ2n) is 7.38. The minimum Gasteiger partial charge on any atom is -0.497 e. The molecule has 6 heteroatoms. The molecule has 0 aromatic heterocycles. The van der Waals surface area contributed by atoms with Crippen LogP contribution < -0.4 is 18.9 Å². The van der Waals surface area contributed by atoms with E-state index in [1.54, 1.807) is 21.3 Å². The molecule has 0 aliphatic rings. The number of aliphatic hydroxyl groups is 1. The Morgan fingerprint density at radius 2 is 1.55 bits per heavy atom. The quantitative estimate of drug-likeness (QED) is 0.584. The molecule has 0 saturated heterocycles. The molecular weight excluding hydrogens is 370 g/mol. The lowest BCUT2D eigenvalue weighted by Crippen LogP contribution is -2.37. The normalized spacial score (nSPS) is 12.1. The van der Waals surface area contributed by atoms with Crippen LogP contribution in [0.4, 0.5) is 0 Å². The number of hydrogen-bond donors (Lipinski definition) is 1. The first-order valence-corrected chi connectivity index (χ1v) is 9.84. The van der Waals surface area contributed by atoms with Crippen LogP contribution in [0.15, 0.2) is 42.5 Å². The van der Waals surface area contributed by atoms with Crippen molar-refractivity contribution in [3.05, 3.63) is 48.0 Å². The van der Waals surface area contributed by atoms with Gasteiger partial charge in [0, 0.05) is 25.2 Å². The van der Waals surface area contributed by atoms with E-state index in [0.29, 0.717) is 30.5 Å². The van der Waals surface area contributed by atoms with Gasteiger partial charge in [-0.25, -0.2) is 0 Å². The van der Waals surface area contributed by atoms with Gasteiger partial charge in [0.1, 0.15) is 24.2 Å². The van der Waals surface area contributed by atoms with Crippen LogP contribution in [0, 0.1) is 5.92 Å². The summed E-state index contributed by atoms with van der Waals surface area (Å²) in [7, 11) is 4.90. The zero-order valence-electron chi connectivity index (χ0n) is 18.1. The van der Waals surface area contributed by atoms with Crippen molar-refractivity contribution in [3.63, 3.8) is 0 Å². The molecule has 2 aromatic carbocycles. The molecule has 160 valence electrons. The van der Waals surface area contributed by atoms with Gasteiger partial charge in [0.2, 0.25) is 0 Å². The van der Waals surface area contributed by atoms with Gasteiger partial charge in [0.05, 0.1) is 21.3 Å². The summed E-state index contributed by atoms with van der Waals surface area (Å²) in [5.41, 5.74) is 1.02.